The smallest absolute Gasteiger partial charge is 0.222 e. The number of carbonyl (C=O) groups is 1. The molecule has 0 aromatic carbocycles. The van der Waals surface area contributed by atoms with Crippen LogP contribution in [0, 0.1) is 0 Å². The van der Waals surface area contributed by atoms with E-state index < -0.39 is 0 Å². The van der Waals surface area contributed by atoms with E-state index in [1.54, 1.807) is 6.33 Å². The summed E-state index contributed by atoms with van der Waals surface area (Å²) in [5, 5.41) is 8.06. The molecule has 0 aliphatic carbocycles. The molecule has 1 aromatic rings. The van der Waals surface area contributed by atoms with Gasteiger partial charge in [0.05, 0.1) is 0 Å². The summed E-state index contributed by atoms with van der Waals surface area (Å²) in [6.07, 6.45) is 5.15. The number of carbonyl (C=O) groups excluding carboxylic acids is 1. The maximum atomic E-state index is 12.0. The number of hydrogen-bond acceptors (Lipinski definition) is 4. The molecule has 2 heterocycles. The highest BCUT2D eigenvalue weighted by Crippen LogP contribution is 2.25. The molecule has 0 bridgehead atoms. The number of nitrogens with zero attached hydrogens (tertiary/aromatic N) is 4. The van der Waals surface area contributed by atoms with Gasteiger partial charge in [-0.25, -0.2) is 0 Å². The fourth-order valence-corrected chi connectivity index (χ4v) is 2.49. The Labute approximate surface area is 107 Å². The molecule has 1 fully saturated rings. The van der Waals surface area contributed by atoms with Gasteiger partial charge in [0.1, 0.15) is 12.2 Å². The molecule has 18 heavy (non-hydrogen) atoms. The first-order chi connectivity index (χ1) is 8.72. The van der Waals surface area contributed by atoms with Crippen LogP contribution < -0.4 is 5.73 Å². The number of piperidine rings is 1. The zero-order chi connectivity index (χ0) is 13.0. The van der Waals surface area contributed by atoms with Crippen molar-refractivity contribution in [2.75, 3.05) is 19.6 Å². The lowest BCUT2D eigenvalue weighted by Crippen LogP contribution is -2.39. The van der Waals surface area contributed by atoms with E-state index in [1.807, 2.05) is 16.5 Å². The molecule has 1 aliphatic heterocycles. The van der Waals surface area contributed by atoms with Crippen LogP contribution in [0.1, 0.15) is 37.4 Å². The third-order valence-electron chi connectivity index (χ3n) is 3.48. The van der Waals surface area contributed by atoms with Crippen molar-refractivity contribution >= 4 is 5.91 Å². The van der Waals surface area contributed by atoms with Crippen LogP contribution in [0.2, 0.25) is 0 Å². The van der Waals surface area contributed by atoms with Gasteiger partial charge in [0.2, 0.25) is 5.91 Å². The van der Waals surface area contributed by atoms with Crippen LogP contribution in [0.3, 0.4) is 0 Å². The number of amides is 1. The summed E-state index contributed by atoms with van der Waals surface area (Å²) < 4.78 is 1.94. The molecule has 1 aromatic heterocycles. The van der Waals surface area contributed by atoms with Gasteiger partial charge in [-0.15, -0.1) is 10.2 Å². The van der Waals surface area contributed by atoms with Crippen molar-refractivity contribution in [3.8, 4) is 0 Å². The number of rotatable bonds is 4. The van der Waals surface area contributed by atoms with Crippen molar-refractivity contribution in [3.63, 3.8) is 0 Å². The Hall–Kier alpha value is -1.43. The summed E-state index contributed by atoms with van der Waals surface area (Å²) >= 11 is 0. The lowest BCUT2D eigenvalue weighted by atomic mass is 9.97. The first-order valence-corrected chi connectivity index (χ1v) is 6.54. The highest BCUT2D eigenvalue weighted by molar-refractivity contribution is 5.76. The maximum absolute atomic E-state index is 12.0. The topological polar surface area (TPSA) is 77.0 Å². The van der Waals surface area contributed by atoms with Crippen molar-refractivity contribution in [3.05, 3.63) is 12.2 Å². The maximum Gasteiger partial charge on any atom is 0.222 e. The Morgan fingerprint density at radius 2 is 2.44 bits per heavy atom. The minimum absolute atomic E-state index is 0.215. The lowest BCUT2D eigenvalue weighted by molar-refractivity contribution is -0.132. The van der Waals surface area contributed by atoms with Crippen molar-refractivity contribution in [2.45, 2.75) is 31.6 Å². The Balaban J connectivity index is 1.96. The highest BCUT2D eigenvalue weighted by Gasteiger charge is 2.26. The van der Waals surface area contributed by atoms with Gasteiger partial charge in [0.15, 0.2) is 0 Å². The summed E-state index contributed by atoms with van der Waals surface area (Å²) in [5.41, 5.74) is 5.44. The summed E-state index contributed by atoms with van der Waals surface area (Å²) in [6.45, 7) is 2.19. The molecule has 1 saturated heterocycles. The van der Waals surface area contributed by atoms with E-state index in [4.69, 9.17) is 5.73 Å². The molecule has 1 atom stereocenters. The van der Waals surface area contributed by atoms with Gasteiger partial charge < -0.3 is 15.2 Å². The number of hydrogen-bond donors (Lipinski definition) is 1. The van der Waals surface area contributed by atoms with Crippen LogP contribution in [0.4, 0.5) is 0 Å². The molecule has 1 unspecified atom stereocenters. The Kier molecular flexibility index (Phi) is 4.30. The summed E-state index contributed by atoms with van der Waals surface area (Å²) in [4.78, 5) is 13.9. The van der Waals surface area contributed by atoms with Gasteiger partial charge in [0, 0.05) is 32.5 Å². The monoisotopic (exact) mass is 251 g/mol. The van der Waals surface area contributed by atoms with Crippen molar-refractivity contribution in [1.29, 1.82) is 0 Å². The second kappa shape index (κ2) is 5.95. The van der Waals surface area contributed by atoms with Crippen LogP contribution in [-0.2, 0) is 11.8 Å². The highest BCUT2D eigenvalue weighted by atomic mass is 16.2. The van der Waals surface area contributed by atoms with E-state index in [0.717, 1.165) is 38.2 Å². The van der Waals surface area contributed by atoms with E-state index in [2.05, 4.69) is 10.2 Å². The number of aromatic nitrogens is 3. The minimum Gasteiger partial charge on any atom is -0.342 e. The van der Waals surface area contributed by atoms with Crippen molar-refractivity contribution in [1.82, 2.24) is 19.7 Å². The summed E-state index contributed by atoms with van der Waals surface area (Å²) in [6, 6.07) is 0. The average molecular weight is 251 g/mol. The third kappa shape index (κ3) is 2.87. The van der Waals surface area contributed by atoms with Crippen LogP contribution in [0.5, 0.6) is 0 Å². The molecular weight excluding hydrogens is 230 g/mol. The van der Waals surface area contributed by atoms with E-state index in [9.17, 15) is 4.79 Å². The SMILES string of the molecule is Cn1cnnc1C1CCCN(C(=O)CCCN)C1. The normalized spacial score (nSPS) is 20.1. The molecule has 2 rings (SSSR count). The fraction of sp³-hybridized carbons (Fsp3) is 0.750. The first kappa shape index (κ1) is 13.0. The summed E-state index contributed by atoms with van der Waals surface area (Å²) in [5.74, 6) is 1.51. The van der Waals surface area contributed by atoms with Gasteiger partial charge in [-0.1, -0.05) is 0 Å². The first-order valence-electron chi connectivity index (χ1n) is 6.54. The zero-order valence-electron chi connectivity index (χ0n) is 10.9. The number of aryl methyl sites for hydroxylation is 1. The average Bonchev–Trinajstić information content (AvgIpc) is 2.82. The quantitative estimate of drug-likeness (QED) is 0.832. The second-order valence-corrected chi connectivity index (χ2v) is 4.87. The lowest BCUT2D eigenvalue weighted by Gasteiger charge is -2.32. The van der Waals surface area contributed by atoms with E-state index >= 15 is 0 Å². The molecule has 1 aliphatic rings. The molecule has 2 N–H and O–H groups in total. The third-order valence-corrected chi connectivity index (χ3v) is 3.48. The largest absolute Gasteiger partial charge is 0.342 e. The molecule has 6 nitrogen and oxygen atoms in total. The standard InChI is InChI=1S/C12H21N5O/c1-16-9-14-15-12(16)10-4-3-7-17(8-10)11(18)5-2-6-13/h9-10H,2-8,13H2,1H3. The van der Waals surface area contributed by atoms with Gasteiger partial charge in [-0.2, -0.15) is 0 Å². The van der Waals surface area contributed by atoms with Crippen molar-refractivity contribution < 1.29 is 4.79 Å². The van der Waals surface area contributed by atoms with Crippen LogP contribution in [0.25, 0.3) is 0 Å². The van der Waals surface area contributed by atoms with Crippen LogP contribution in [-0.4, -0.2) is 45.2 Å². The summed E-state index contributed by atoms with van der Waals surface area (Å²) in [7, 11) is 1.95. The van der Waals surface area contributed by atoms with Gasteiger partial charge >= 0.3 is 0 Å². The van der Waals surface area contributed by atoms with Gasteiger partial charge in [-0.05, 0) is 25.8 Å². The van der Waals surface area contributed by atoms with Gasteiger partial charge in [0.25, 0.3) is 0 Å². The van der Waals surface area contributed by atoms with Gasteiger partial charge in [-0.3, -0.25) is 4.79 Å². The predicted octanol–water partition coefficient (Wildman–Crippen LogP) is 0.260. The predicted molar refractivity (Wildman–Crippen MR) is 67.8 cm³/mol. The van der Waals surface area contributed by atoms with Crippen LogP contribution in [0.15, 0.2) is 6.33 Å². The molecule has 0 saturated carbocycles. The van der Waals surface area contributed by atoms with Crippen LogP contribution >= 0.6 is 0 Å². The fourth-order valence-electron chi connectivity index (χ4n) is 2.49. The Bertz CT molecular complexity index is 403. The second-order valence-electron chi connectivity index (χ2n) is 4.87. The minimum atomic E-state index is 0.215. The van der Waals surface area contributed by atoms with E-state index in [-0.39, 0.29) is 5.91 Å². The molecule has 6 heteroatoms. The Morgan fingerprint density at radius 3 is 3.11 bits per heavy atom. The molecule has 0 radical (unpaired) electrons. The number of nitrogens with two attached hydrogens (primary N) is 1. The molecule has 0 spiro atoms. The zero-order valence-corrected chi connectivity index (χ0v) is 10.9. The van der Waals surface area contributed by atoms with Crippen molar-refractivity contribution in [2.24, 2.45) is 12.8 Å². The van der Waals surface area contributed by atoms with E-state index in [0.29, 0.717) is 18.9 Å². The molecule has 100 valence electrons. The van der Waals surface area contributed by atoms with E-state index in [1.165, 1.54) is 0 Å². The Morgan fingerprint density at radius 1 is 1.61 bits per heavy atom. The molecule has 1 amide bonds. The number of likely N-dealkylation sites (tertiary alicyclic amines) is 1. The molecular formula is C12H21N5O.